The van der Waals surface area contributed by atoms with Gasteiger partial charge in [-0.05, 0) is 110 Å². The van der Waals surface area contributed by atoms with E-state index in [0.29, 0.717) is 16.7 Å². The highest BCUT2D eigenvalue weighted by Crippen LogP contribution is 2.68. The van der Waals surface area contributed by atoms with Crippen molar-refractivity contribution in [3.8, 4) is 0 Å². The summed E-state index contributed by atoms with van der Waals surface area (Å²) in [5, 5.41) is 11.4. The minimum atomic E-state index is -0.0183. The zero-order valence-electron chi connectivity index (χ0n) is 21.1. The van der Waals surface area contributed by atoms with Gasteiger partial charge in [0.15, 0.2) is 0 Å². The van der Waals surface area contributed by atoms with Crippen LogP contribution in [0.25, 0.3) is 0 Å². The van der Waals surface area contributed by atoms with Gasteiger partial charge in [0.2, 0.25) is 0 Å². The van der Waals surface area contributed by atoms with Crippen molar-refractivity contribution < 1.29 is 5.11 Å². The Labute approximate surface area is 188 Å². The van der Waals surface area contributed by atoms with Crippen LogP contribution in [0.4, 0.5) is 0 Å². The molecule has 4 saturated carbocycles. The van der Waals surface area contributed by atoms with Crippen LogP contribution in [-0.4, -0.2) is 11.2 Å². The Morgan fingerprint density at radius 3 is 2.30 bits per heavy atom. The molecule has 0 saturated heterocycles. The fourth-order valence-corrected chi connectivity index (χ4v) is 9.92. The Morgan fingerprint density at radius 1 is 0.867 bits per heavy atom. The average molecular weight is 417 g/mol. The molecule has 0 aromatic carbocycles. The maximum absolute atomic E-state index is 11.4. The van der Waals surface area contributed by atoms with E-state index in [1.807, 2.05) is 0 Å². The molecule has 0 aromatic rings. The first-order valence-corrected chi connectivity index (χ1v) is 13.9. The summed E-state index contributed by atoms with van der Waals surface area (Å²) in [6.07, 6.45) is 16.6. The molecule has 174 valence electrons. The van der Waals surface area contributed by atoms with Gasteiger partial charge < -0.3 is 5.11 Å². The molecule has 0 bridgehead atoms. The third-order valence-corrected chi connectivity index (χ3v) is 11.8. The summed E-state index contributed by atoms with van der Waals surface area (Å²) in [7, 11) is 0. The van der Waals surface area contributed by atoms with Gasteiger partial charge in [-0.3, -0.25) is 0 Å². The standard InChI is InChI=1S/C29H52O/c1-7-21(19(2)3)12-11-20(4)23-13-14-24-27-25(15-17-29(23,24)6)28(5)16-9-8-10-22(28)18-26(27)30/h19-27,30H,7-18H2,1-6H3/t20-,21-,22?,23-,24+,25+,26?,27+,28+,29-/m1/s1. The van der Waals surface area contributed by atoms with Crippen LogP contribution in [0.15, 0.2) is 0 Å². The zero-order chi connectivity index (χ0) is 21.7. The second kappa shape index (κ2) is 8.72. The molecule has 1 heteroatoms. The van der Waals surface area contributed by atoms with Gasteiger partial charge in [0.1, 0.15) is 0 Å². The molecule has 0 radical (unpaired) electrons. The van der Waals surface area contributed by atoms with Crippen molar-refractivity contribution >= 4 is 0 Å². The summed E-state index contributed by atoms with van der Waals surface area (Å²) in [5.41, 5.74) is 1.01. The summed E-state index contributed by atoms with van der Waals surface area (Å²) in [6.45, 7) is 15.1. The second-order valence-corrected chi connectivity index (χ2v) is 13.2. The van der Waals surface area contributed by atoms with Crippen LogP contribution in [0.1, 0.15) is 119 Å². The van der Waals surface area contributed by atoms with E-state index < -0.39 is 0 Å². The van der Waals surface area contributed by atoms with Crippen LogP contribution < -0.4 is 0 Å². The van der Waals surface area contributed by atoms with Crippen molar-refractivity contribution in [1.82, 2.24) is 0 Å². The zero-order valence-corrected chi connectivity index (χ0v) is 21.1. The Morgan fingerprint density at radius 2 is 1.60 bits per heavy atom. The topological polar surface area (TPSA) is 20.2 Å². The van der Waals surface area contributed by atoms with Crippen LogP contribution in [-0.2, 0) is 0 Å². The minimum absolute atomic E-state index is 0.0183. The maximum Gasteiger partial charge on any atom is 0.0577 e. The van der Waals surface area contributed by atoms with Crippen molar-refractivity contribution in [2.45, 2.75) is 125 Å². The van der Waals surface area contributed by atoms with E-state index in [4.69, 9.17) is 0 Å². The molecule has 1 N–H and O–H groups in total. The number of aliphatic hydroxyl groups is 1. The highest BCUT2D eigenvalue weighted by molar-refractivity contribution is 5.11. The van der Waals surface area contributed by atoms with E-state index in [1.54, 1.807) is 0 Å². The fraction of sp³-hybridized carbons (Fsp3) is 1.00. The molecule has 10 atom stereocenters. The molecular formula is C29H52O. The van der Waals surface area contributed by atoms with E-state index in [-0.39, 0.29) is 6.10 Å². The average Bonchev–Trinajstić information content (AvgIpc) is 3.05. The highest BCUT2D eigenvalue weighted by atomic mass is 16.3. The van der Waals surface area contributed by atoms with Gasteiger partial charge in [-0.25, -0.2) is 0 Å². The van der Waals surface area contributed by atoms with Crippen LogP contribution >= 0.6 is 0 Å². The molecule has 0 heterocycles. The summed E-state index contributed by atoms with van der Waals surface area (Å²) in [6, 6.07) is 0. The van der Waals surface area contributed by atoms with E-state index >= 15 is 0 Å². The number of hydrogen-bond donors (Lipinski definition) is 1. The Bertz CT molecular complexity index is 583. The molecule has 4 fully saturated rings. The molecule has 0 amide bonds. The van der Waals surface area contributed by atoms with Crippen molar-refractivity contribution in [2.75, 3.05) is 0 Å². The molecule has 1 nitrogen and oxygen atoms in total. The van der Waals surface area contributed by atoms with Gasteiger partial charge in [-0.2, -0.15) is 0 Å². The SMILES string of the molecule is CC[C@H](CC[C@@H](C)[C@H]1CC[C@H]2[C@@H]3C(O)CC4CCCC[C@]4(C)[C@H]3CC[C@]12C)C(C)C. The lowest BCUT2D eigenvalue weighted by molar-refractivity contribution is -0.164. The fourth-order valence-electron chi connectivity index (χ4n) is 9.92. The van der Waals surface area contributed by atoms with Gasteiger partial charge in [-0.1, -0.05) is 67.2 Å². The van der Waals surface area contributed by atoms with Crippen molar-refractivity contribution in [3.63, 3.8) is 0 Å². The van der Waals surface area contributed by atoms with E-state index in [0.717, 1.165) is 47.8 Å². The second-order valence-electron chi connectivity index (χ2n) is 13.2. The highest BCUT2D eigenvalue weighted by Gasteiger charge is 2.62. The Hall–Kier alpha value is -0.0400. The molecule has 2 unspecified atom stereocenters. The number of fused-ring (bicyclic) bond motifs is 5. The summed E-state index contributed by atoms with van der Waals surface area (Å²) in [4.78, 5) is 0. The Balaban J connectivity index is 1.49. The lowest BCUT2D eigenvalue weighted by atomic mass is 9.44. The first-order chi connectivity index (χ1) is 14.2. The maximum atomic E-state index is 11.4. The van der Waals surface area contributed by atoms with Crippen LogP contribution in [0, 0.1) is 58.2 Å². The van der Waals surface area contributed by atoms with Crippen LogP contribution in [0.2, 0.25) is 0 Å². The van der Waals surface area contributed by atoms with Crippen molar-refractivity contribution in [1.29, 1.82) is 0 Å². The third kappa shape index (κ3) is 3.72. The van der Waals surface area contributed by atoms with Gasteiger partial charge in [0.05, 0.1) is 6.10 Å². The Kier molecular flexibility index (Phi) is 6.72. The number of rotatable bonds is 6. The summed E-state index contributed by atoms with van der Waals surface area (Å²) < 4.78 is 0. The molecule has 4 rings (SSSR count). The van der Waals surface area contributed by atoms with Gasteiger partial charge in [0.25, 0.3) is 0 Å². The largest absolute Gasteiger partial charge is 0.393 e. The summed E-state index contributed by atoms with van der Waals surface area (Å²) >= 11 is 0. The van der Waals surface area contributed by atoms with E-state index in [9.17, 15) is 5.11 Å². The minimum Gasteiger partial charge on any atom is -0.393 e. The third-order valence-electron chi connectivity index (χ3n) is 11.8. The molecule has 0 spiro atoms. The molecule has 0 aliphatic heterocycles. The van der Waals surface area contributed by atoms with Gasteiger partial charge in [0, 0.05) is 0 Å². The van der Waals surface area contributed by atoms with Gasteiger partial charge >= 0.3 is 0 Å². The van der Waals surface area contributed by atoms with E-state index in [2.05, 4.69) is 41.5 Å². The number of hydrogen-bond acceptors (Lipinski definition) is 1. The van der Waals surface area contributed by atoms with Crippen LogP contribution in [0.3, 0.4) is 0 Å². The molecule has 30 heavy (non-hydrogen) atoms. The van der Waals surface area contributed by atoms with E-state index in [1.165, 1.54) is 70.6 Å². The molecule has 4 aliphatic rings. The summed E-state index contributed by atoms with van der Waals surface area (Å²) in [5.74, 6) is 6.43. The van der Waals surface area contributed by atoms with Crippen molar-refractivity contribution in [2.24, 2.45) is 58.2 Å². The predicted molar refractivity (Wildman–Crippen MR) is 128 cm³/mol. The smallest absolute Gasteiger partial charge is 0.0577 e. The molecule has 4 aliphatic carbocycles. The lowest BCUT2D eigenvalue weighted by Gasteiger charge is -2.62. The quantitative estimate of drug-likeness (QED) is 0.463. The monoisotopic (exact) mass is 416 g/mol. The molecular weight excluding hydrogens is 364 g/mol. The van der Waals surface area contributed by atoms with Crippen molar-refractivity contribution in [3.05, 3.63) is 0 Å². The normalized spacial score (nSPS) is 48.0. The lowest BCUT2D eigenvalue weighted by Crippen LogP contribution is -2.57. The predicted octanol–water partition coefficient (Wildman–Crippen LogP) is 8.10. The first-order valence-electron chi connectivity index (χ1n) is 13.9. The van der Waals surface area contributed by atoms with Crippen LogP contribution in [0.5, 0.6) is 0 Å². The number of aliphatic hydroxyl groups excluding tert-OH is 1. The van der Waals surface area contributed by atoms with Gasteiger partial charge in [-0.15, -0.1) is 0 Å². The first kappa shape index (κ1) is 23.1. The molecule has 0 aromatic heterocycles.